The third-order valence-corrected chi connectivity index (χ3v) is 4.02. The highest BCUT2D eigenvalue weighted by atomic mass is 32.2. The van der Waals surface area contributed by atoms with Crippen LogP contribution in [-0.4, -0.2) is 39.2 Å². The zero-order valence-electron chi connectivity index (χ0n) is 10.2. The van der Waals surface area contributed by atoms with Gasteiger partial charge in [-0.2, -0.15) is 0 Å². The minimum atomic E-state index is -3.53. The van der Waals surface area contributed by atoms with Crippen LogP contribution in [0.4, 0.5) is 0 Å². The largest absolute Gasteiger partial charge is 0.348 e. The SMILES string of the molecule is CNS(=O)(=O)CC(=O)NC(C)(CN)C(C)C. The zero-order valence-corrected chi connectivity index (χ0v) is 11.0. The summed E-state index contributed by atoms with van der Waals surface area (Å²) in [6, 6.07) is 0. The van der Waals surface area contributed by atoms with Crippen molar-refractivity contribution >= 4 is 15.9 Å². The van der Waals surface area contributed by atoms with E-state index in [0.29, 0.717) is 0 Å². The highest BCUT2D eigenvalue weighted by Crippen LogP contribution is 2.14. The summed E-state index contributed by atoms with van der Waals surface area (Å²) in [4.78, 5) is 11.5. The van der Waals surface area contributed by atoms with Crippen LogP contribution < -0.4 is 15.8 Å². The third-order valence-electron chi connectivity index (χ3n) is 2.76. The Morgan fingerprint density at radius 3 is 2.25 bits per heavy atom. The lowest BCUT2D eigenvalue weighted by atomic mass is 9.88. The van der Waals surface area contributed by atoms with Crippen molar-refractivity contribution in [3.63, 3.8) is 0 Å². The van der Waals surface area contributed by atoms with E-state index in [0.717, 1.165) is 0 Å². The Morgan fingerprint density at radius 1 is 1.44 bits per heavy atom. The molecule has 7 heteroatoms. The van der Waals surface area contributed by atoms with E-state index in [1.165, 1.54) is 7.05 Å². The van der Waals surface area contributed by atoms with E-state index in [-0.39, 0.29) is 12.5 Å². The molecule has 0 fully saturated rings. The number of hydrogen-bond donors (Lipinski definition) is 3. The smallest absolute Gasteiger partial charge is 0.237 e. The van der Waals surface area contributed by atoms with Gasteiger partial charge >= 0.3 is 0 Å². The molecule has 0 aliphatic rings. The summed E-state index contributed by atoms with van der Waals surface area (Å²) in [5.41, 5.74) is 4.99. The molecule has 0 bridgehead atoms. The summed E-state index contributed by atoms with van der Waals surface area (Å²) in [5.74, 6) is -0.999. The van der Waals surface area contributed by atoms with Crippen molar-refractivity contribution in [2.45, 2.75) is 26.3 Å². The first kappa shape index (κ1) is 15.3. The van der Waals surface area contributed by atoms with E-state index >= 15 is 0 Å². The molecule has 0 aliphatic carbocycles. The fourth-order valence-corrected chi connectivity index (χ4v) is 1.59. The minimum absolute atomic E-state index is 0.124. The molecular weight excluding hydrogens is 230 g/mol. The second kappa shape index (κ2) is 5.60. The van der Waals surface area contributed by atoms with Gasteiger partial charge in [0.1, 0.15) is 5.75 Å². The van der Waals surface area contributed by atoms with Crippen LogP contribution in [0.2, 0.25) is 0 Å². The molecule has 16 heavy (non-hydrogen) atoms. The van der Waals surface area contributed by atoms with Gasteiger partial charge in [-0.05, 0) is 19.9 Å². The molecule has 0 saturated carbocycles. The maximum Gasteiger partial charge on any atom is 0.237 e. The molecule has 0 spiro atoms. The molecule has 0 aliphatic heterocycles. The van der Waals surface area contributed by atoms with Crippen molar-refractivity contribution in [1.29, 1.82) is 0 Å². The van der Waals surface area contributed by atoms with Gasteiger partial charge in [0.15, 0.2) is 0 Å². The Balaban J connectivity index is 4.57. The highest BCUT2D eigenvalue weighted by Gasteiger charge is 2.29. The highest BCUT2D eigenvalue weighted by molar-refractivity contribution is 7.90. The van der Waals surface area contributed by atoms with Crippen molar-refractivity contribution in [2.24, 2.45) is 11.7 Å². The Kier molecular flexibility index (Phi) is 5.37. The number of carbonyl (C=O) groups excluding carboxylic acids is 1. The molecule has 1 amide bonds. The molecule has 0 rings (SSSR count). The topological polar surface area (TPSA) is 101 Å². The molecule has 0 saturated heterocycles. The third kappa shape index (κ3) is 4.46. The molecule has 0 radical (unpaired) electrons. The van der Waals surface area contributed by atoms with Gasteiger partial charge in [-0.1, -0.05) is 13.8 Å². The van der Waals surface area contributed by atoms with Gasteiger partial charge in [-0.25, -0.2) is 13.1 Å². The lowest BCUT2D eigenvalue weighted by Gasteiger charge is -2.33. The minimum Gasteiger partial charge on any atom is -0.348 e. The molecule has 1 unspecified atom stereocenters. The van der Waals surface area contributed by atoms with Crippen LogP contribution in [0, 0.1) is 5.92 Å². The maximum atomic E-state index is 11.5. The molecule has 0 aromatic carbocycles. The Morgan fingerprint density at radius 2 is 1.94 bits per heavy atom. The molecule has 4 N–H and O–H groups in total. The zero-order chi connectivity index (χ0) is 13.0. The van der Waals surface area contributed by atoms with Crippen molar-refractivity contribution < 1.29 is 13.2 Å². The second-order valence-electron chi connectivity index (χ2n) is 4.29. The summed E-state index contributed by atoms with van der Waals surface area (Å²) in [5, 5.41) is 2.65. The van der Waals surface area contributed by atoms with Gasteiger partial charge in [0.05, 0.1) is 5.54 Å². The Hall–Kier alpha value is -0.660. The normalized spacial score (nSPS) is 15.9. The number of nitrogens with two attached hydrogens (primary N) is 1. The molecule has 96 valence electrons. The standard InChI is InChI=1S/C9H21N3O3S/c1-7(2)9(3,6-10)12-8(13)5-16(14,15)11-4/h7,11H,5-6,10H2,1-4H3,(H,12,13). The van der Waals surface area contributed by atoms with E-state index < -0.39 is 27.2 Å². The fourth-order valence-electron chi connectivity index (χ4n) is 1.03. The summed E-state index contributed by atoms with van der Waals surface area (Å²) < 4.78 is 24.4. The molecule has 1 atom stereocenters. The van der Waals surface area contributed by atoms with E-state index in [2.05, 4.69) is 10.0 Å². The average molecular weight is 251 g/mol. The van der Waals surface area contributed by atoms with Crippen LogP contribution in [0.15, 0.2) is 0 Å². The van der Waals surface area contributed by atoms with Crippen molar-refractivity contribution in [2.75, 3.05) is 19.3 Å². The molecule has 6 nitrogen and oxygen atoms in total. The average Bonchev–Trinajstić information content (AvgIpc) is 2.16. The van der Waals surface area contributed by atoms with E-state index in [9.17, 15) is 13.2 Å². The Bertz CT molecular complexity index is 340. The van der Waals surface area contributed by atoms with Gasteiger partial charge in [-0.3, -0.25) is 4.79 Å². The number of carbonyl (C=O) groups is 1. The van der Waals surface area contributed by atoms with Gasteiger partial charge in [-0.15, -0.1) is 0 Å². The van der Waals surface area contributed by atoms with Crippen molar-refractivity contribution in [3.05, 3.63) is 0 Å². The van der Waals surface area contributed by atoms with Crippen LogP contribution in [-0.2, 0) is 14.8 Å². The predicted molar refractivity (Wildman–Crippen MR) is 63.3 cm³/mol. The molecule has 0 aromatic rings. The summed E-state index contributed by atoms with van der Waals surface area (Å²) in [7, 11) is -2.26. The molecule has 0 heterocycles. The van der Waals surface area contributed by atoms with Crippen LogP contribution in [0.3, 0.4) is 0 Å². The van der Waals surface area contributed by atoms with E-state index in [1.54, 1.807) is 6.92 Å². The van der Waals surface area contributed by atoms with Gasteiger partial charge in [0.25, 0.3) is 0 Å². The summed E-state index contributed by atoms with van der Waals surface area (Å²) in [6.07, 6.45) is 0. The van der Waals surface area contributed by atoms with Crippen molar-refractivity contribution in [1.82, 2.24) is 10.0 Å². The number of sulfonamides is 1. The van der Waals surface area contributed by atoms with Gasteiger partial charge in [0.2, 0.25) is 15.9 Å². The Labute approximate surface area is 97.0 Å². The summed E-state index contributed by atoms with van der Waals surface area (Å²) in [6.45, 7) is 5.89. The predicted octanol–water partition coefficient (Wildman–Crippen LogP) is -0.975. The van der Waals surface area contributed by atoms with Crippen LogP contribution in [0.25, 0.3) is 0 Å². The second-order valence-corrected chi connectivity index (χ2v) is 6.21. The van der Waals surface area contributed by atoms with Crippen LogP contribution in [0.5, 0.6) is 0 Å². The number of nitrogens with one attached hydrogen (secondary N) is 2. The quantitative estimate of drug-likeness (QED) is 0.565. The monoisotopic (exact) mass is 251 g/mol. The molecular formula is C9H21N3O3S. The lowest BCUT2D eigenvalue weighted by Crippen LogP contribution is -2.56. The summed E-state index contributed by atoms with van der Waals surface area (Å²) >= 11 is 0. The lowest BCUT2D eigenvalue weighted by molar-refractivity contribution is -0.120. The first-order valence-electron chi connectivity index (χ1n) is 5.09. The van der Waals surface area contributed by atoms with E-state index in [1.807, 2.05) is 13.8 Å². The van der Waals surface area contributed by atoms with Crippen LogP contribution >= 0.6 is 0 Å². The van der Waals surface area contributed by atoms with E-state index in [4.69, 9.17) is 5.73 Å². The van der Waals surface area contributed by atoms with Crippen molar-refractivity contribution in [3.8, 4) is 0 Å². The number of rotatable bonds is 6. The fraction of sp³-hybridized carbons (Fsp3) is 0.889. The first-order chi connectivity index (χ1) is 7.17. The maximum absolute atomic E-state index is 11.5. The molecule has 0 aromatic heterocycles. The first-order valence-corrected chi connectivity index (χ1v) is 6.74. The van der Waals surface area contributed by atoms with Crippen LogP contribution in [0.1, 0.15) is 20.8 Å². The number of hydrogen-bond acceptors (Lipinski definition) is 4. The van der Waals surface area contributed by atoms with Gasteiger partial charge in [0, 0.05) is 6.54 Å². The van der Waals surface area contributed by atoms with Gasteiger partial charge < -0.3 is 11.1 Å². The number of amides is 1.